The third-order valence-corrected chi connectivity index (χ3v) is 1.89. The van der Waals surface area contributed by atoms with Gasteiger partial charge in [0.25, 0.3) is 5.91 Å². The molecule has 0 radical (unpaired) electrons. The van der Waals surface area contributed by atoms with Crippen molar-refractivity contribution >= 4 is 5.91 Å². The monoisotopic (exact) mass is 207 g/mol. The van der Waals surface area contributed by atoms with Crippen LogP contribution in [0.4, 0.5) is 0 Å². The van der Waals surface area contributed by atoms with Crippen LogP contribution in [-0.4, -0.2) is 16.6 Å². The number of aliphatic hydroxyl groups is 1. The van der Waals surface area contributed by atoms with Crippen molar-refractivity contribution in [1.82, 2.24) is 5.32 Å². The highest BCUT2D eigenvalue weighted by atomic mass is 16.3. The Kier molecular flexibility index (Phi) is 3.48. The van der Waals surface area contributed by atoms with Crippen molar-refractivity contribution in [2.24, 2.45) is 0 Å². The lowest BCUT2D eigenvalue weighted by Gasteiger charge is -2.20. The zero-order valence-electron chi connectivity index (χ0n) is 9.37. The van der Waals surface area contributed by atoms with Gasteiger partial charge in [0.1, 0.15) is 0 Å². The normalized spacial score (nSPS) is 11.2. The van der Waals surface area contributed by atoms with Crippen LogP contribution in [0.1, 0.15) is 36.7 Å². The van der Waals surface area contributed by atoms with Crippen LogP contribution in [0.3, 0.4) is 0 Å². The summed E-state index contributed by atoms with van der Waals surface area (Å²) in [5, 5.41) is 11.7. The first-order valence-electron chi connectivity index (χ1n) is 4.95. The first kappa shape index (κ1) is 11.7. The predicted octanol–water partition coefficient (Wildman–Crippen LogP) is 1.71. The van der Waals surface area contributed by atoms with Gasteiger partial charge < -0.3 is 10.4 Å². The molecule has 1 aromatic rings. The Morgan fingerprint density at radius 2 is 1.80 bits per heavy atom. The molecule has 1 aromatic carbocycles. The fourth-order valence-corrected chi connectivity index (χ4v) is 1.17. The Hall–Kier alpha value is -1.35. The molecule has 0 saturated heterocycles. The van der Waals surface area contributed by atoms with E-state index >= 15 is 0 Å². The summed E-state index contributed by atoms with van der Waals surface area (Å²) in [7, 11) is 0. The van der Waals surface area contributed by atoms with Crippen molar-refractivity contribution in [3.05, 3.63) is 35.4 Å². The molecule has 0 fully saturated rings. The second-order valence-electron chi connectivity index (χ2n) is 4.56. The van der Waals surface area contributed by atoms with Crippen LogP contribution in [0.5, 0.6) is 0 Å². The van der Waals surface area contributed by atoms with Crippen molar-refractivity contribution in [1.29, 1.82) is 0 Å². The SMILES string of the molecule is CC(C)(C)NC(=O)c1ccc(CO)cc1. The van der Waals surface area contributed by atoms with E-state index in [0.717, 1.165) is 5.56 Å². The molecule has 0 aliphatic rings. The average molecular weight is 207 g/mol. The van der Waals surface area contributed by atoms with Gasteiger partial charge in [0.15, 0.2) is 0 Å². The van der Waals surface area contributed by atoms with Gasteiger partial charge in [-0.05, 0) is 38.5 Å². The molecule has 2 N–H and O–H groups in total. The van der Waals surface area contributed by atoms with E-state index in [4.69, 9.17) is 5.11 Å². The van der Waals surface area contributed by atoms with Gasteiger partial charge in [0, 0.05) is 11.1 Å². The lowest BCUT2D eigenvalue weighted by atomic mass is 10.1. The maximum absolute atomic E-state index is 11.7. The van der Waals surface area contributed by atoms with Gasteiger partial charge >= 0.3 is 0 Å². The van der Waals surface area contributed by atoms with Crippen molar-refractivity contribution in [3.63, 3.8) is 0 Å². The third-order valence-electron chi connectivity index (χ3n) is 1.89. The Bertz CT molecular complexity index is 336. The Morgan fingerprint density at radius 1 is 1.27 bits per heavy atom. The third kappa shape index (κ3) is 3.72. The van der Waals surface area contributed by atoms with E-state index in [0.29, 0.717) is 5.56 Å². The smallest absolute Gasteiger partial charge is 0.251 e. The summed E-state index contributed by atoms with van der Waals surface area (Å²) in [4.78, 5) is 11.7. The van der Waals surface area contributed by atoms with Crippen LogP contribution in [0.2, 0.25) is 0 Å². The van der Waals surface area contributed by atoms with Crippen LogP contribution in [0.25, 0.3) is 0 Å². The molecule has 0 unspecified atom stereocenters. The van der Waals surface area contributed by atoms with Crippen LogP contribution < -0.4 is 5.32 Å². The Labute approximate surface area is 90.1 Å². The summed E-state index contributed by atoms with van der Waals surface area (Å²) < 4.78 is 0. The lowest BCUT2D eigenvalue weighted by Crippen LogP contribution is -2.40. The lowest BCUT2D eigenvalue weighted by molar-refractivity contribution is 0.0919. The number of carbonyl (C=O) groups is 1. The number of carbonyl (C=O) groups excluding carboxylic acids is 1. The molecule has 0 atom stereocenters. The van der Waals surface area contributed by atoms with Crippen LogP contribution >= 0.6 is 0 Å². The van der Waals surface area contributed by atoms with Crippen molar-refractivity contribution in [2.45, 2.75) is 32.9 Å². The minimum absolute atomic E-state index is 0.00116. The summed E-state index contributed by atoms with van der Waals surface area (Å²) in [5.74, 6) is -0.0908. The molecule has 0 saturated carbocycles. The predicted molar refractivity (Wildman–Crippen MR) is 59.6 cm³/mol. The fourth-order valence-electron chi connectivity index (χ4n) is 1.17. The first-order chi connectivity index (χ1) is 6.92. The highest BCUT2D eigenvalue weighted by Crippen LogP contribution is 2.07. The van der Waals surface area contributed by atoms with Gasteiger partial charge in [-0.1, -0.05) is 12.1 Å². The molecule has 1 amide bonds. The molecule has 1 rings (SSSR count). The number of hydrogen-bond donors (Lipinski definition) is 2. The molecular weight excluding hydrogens is 190 g/mol. The highest BCUT2D eigenvalue weighted by Gasteiger charge is 2.14. The second kappa shape index (κ2) is 4.45. The zero-order chi connectivity index (χ0) is 11.5. The van der Waals surface area contributed by atoms with Crippen LogP contribution in [0.15, 0.2) is 24.3 Å². The quantitative estimate of drug-likeness (QED) is 0.775. The van der Waals surface area contributed by atoms with E-state index in [-0.39, 0.29) is 18.1 Å². The molecule has 0 aromatic heterocycles. The summed E-state index contributed by atoms with van der Waals surface area (Å²) in [6, 6.07) is 6.92. The first-order valence-corrected chi connectivity index (χ1v) is 4.95. The summed E-state index contributed by atoms with van der Waals surface area (Å²) in [6.45, 7) is 5.81. The molecule has 3 heteroatoms. The highest BCUT2D eigenvalue weighted by molar-refractivity contribution is 5.94. The number of amides is 1. The molecule has 0 spiro atoms. The summed E-state index contributed by atoms with van der Waals surface area (Å²) in [5.41, 5.74) is 1.19. The number of hydrogen-bond acceptors (Lipinski definition) is 2. The van der Waals surface area contributed by atoms with E-state index in [9.17, 15) is 4.79 Å². The van der Waals surface area contributed by atoms with E-state index in [1.54, 1.807) is 24.3 Å². The molecule has 0 aliphatic heterocycles. The van der Waals surface area contributed by atoms with Gasteiger partial charge in [0.05, 0.1) is 6.61 Å². The Balaban J connectivity index is 2.75. The van der Waals surface area contributed by atoms with Crippen LogP contribution in [0, 0.1) is 0 Å². The molecule has 0 heterocycles. The fraction of sp³-hybridized carbons (Fsp3) is 0.417. The molecule has 82 valence electrons. The number of nitrogens with one attached hydrogen (secondary N) is 1. The zero-order valence-corrected chi connectivity index (χ0v) is 9.37. The average Bonchev–Trinajstić information content (AvgIpc) is 2.15. The Morgan fingerprint density at radius 3 is 2.20 bits per heavy atom. The number of benzene rings is 1. The maximum atomic E-state index is 11.7. The summed E-state index contributed by atoms with van der Waals surface area (Å²) >= 11 is 0. The number of aliphatic hydroxyl groups excluding tert-OH is 1. The van der Waals surface area contributed by atoms with Crippen molar-refractivity contribution < 1.29 is 9.90 Å². The molecule has 0 aliphatic carbocycles. The topological polar surface area (TPSA) is 49.3 Å². The second-order valence-corrected chi connectivity index (χ2v) is 4.56. The van der Waals surface area contributed by atoms with Crippen LogP contribution in [-0.2, 0) is 6.61 Å². The molecular formula is C12H17NO2. The van der Waals surface area contributed by atoms with Crippen molar-refractivity contribution in [2.75, 3.05) is 0 Å². The minimum Gasteiger partial charge on any atom is -0.392 e. The van der Waals surface area contributed by atoms with Gasteiger partial charge in [-0.25, -0.2) is 0 Å². The van der Waals surface area contributed by atoms with Crippen molar-refractivity contribution in [3.8, 4) is 0 Å². The van der Waals surface area contributed by atoms with Gasteiger partial charge in [-0.2, -0.15) is 0 Å². The molecule has 3 nitrogen and oxygen atoms in total. The van der Waals surface area contributed by atoms with E-state index in [2.05, 4.69) is 5.32 Å². The molecule has 0 bridgehead atoms. The summed E-state index contributed by atoms with van der Waals surface area (Å²) in [6.07, 6.45) is 0. The van der Waals surface area contributed by atoms with E-state index in [1.807, 2.05) is 20.8 Å². The van der Waals surface area contributed by atoms with E-state index in [1.165, 1.54) is 0 Å². The number of rotatable bonds is 2. The minimum atomic E-state index is -0.229. The van der Waals surface area contributed by atoms with Gasteiger partial charge in [-0.3, -0.25) is 4.79 Å². The van der Waals surface area contributed by atoms with Gasteiger partial charge in [0.2, 0.25) is 0 Å². The molecule has 15 heavy (non-hydrogen) atoms. The standard InChI is InChI=1S/C12H17NO2/c1-12(2,3)13-11(15)10-6-4-9(8-14)5-7-10/h4-7,14H,8H2,1-3H3,(H,13,15). The maximum Gasteiger partial charge on any atom is 0.251 e. The van der Waals surface area contributed by atoms with E-state index < -0.39 is 0 Å². The van der Waals surface area contributed by atoms with Gasteiger partial charge in [-0.15, -0.1) is 0 Å². The largest absolute Gasteiger partial charge is 0.392 e.